The Balaban J connectivity index is 0.875. The van der Waals surface area contributed by atoms with Gasteiger partial charge in [-0.3, -0.25) is 0 Å². The van der Waals surface area contributed by atoms with Gasteiger partial charge in [0.25, 0.3) is 0 Å². The zero-order chi connectivity index (χ0) is 44.7. The van der Waals surface area contributed by atoms with Crippen LogP contribution < -0.4 is 4.90 Å². The number of benzene rings is 11. The molecule has 0 aliphatic carbocycles. The van der Waals surface area contributed by atoms with Crippen molar-refractivity contribution in [2.75, 3.05) is 4.90 Å². The SMILES string of the molecule is c1ccc(N(c2ccc(-c3cccc(-c4ccc5c(c4)c4c6cc7c(cc6ccc4n5-c4ccccc4)oc4ccccc47)c3)cc2)c2ccc3c4ccccc4n(-c4ccccc4)c3c2)cc1. The molecule has 0 aliphatic rings. The zero-order valence-corrected chi connectivity index (χ0v) is 36.9. The van der Waals surface area contributed by atoms with Crippen molar-refractivity contribution in [2.24, 2.45) is 0 Å². The highest BCUT2D eigenvalue weighted by atomic mass is 16.3. The lowest BCUT2D eigenvalue weighted by Gasteiger charge is -2.26. The van der Waals surface area contributed by atoms with Crippen LogP contribution in [0.25, 0.3) is 110 Å². The second-order valence-corrected chi connectivity index (χ2v) is 17.7. The molecule has 0 saturated heterocycles. The predicted octanol–water partition coefficient (Wildman–Crippen LogP) is 17.7. The normalized spacial score (nSPS) is 11.8. The molecular weight excluding hydrogens is 827 g/mol. The Morgan fingerprint density at radius 3 is 1.63 bits per heavy atom. The van der Waals surface area contributed by atoms with Gasteiger partial charge in [-0.05, 0) is 142 Å². The molecule has 4 nitrogen and oxygen atoms in total. The molecule has 0 spiro atoms. The number of nitrogens with zero attached hydrogens (tertiary/aromatic N) is 3. The number of rotatable bonds is 7. The molecule has 3 heterocycles. The fraction of sp³-hybridized carbons (Fsp3) is 0. The monoisotopic (exact) mass is 867 g/mol. The summed E-state index contributed by atoms with van der Waals surface area (Å²) in [7, 11) is 0. The van der Waals surface area contributed by atoms with E-state index in [9.17, 15) is 0 Å². The molecule has 14 rings (SSSR count). The van der Waals surface area contributed by atoms with Crippen molar-refractivity contribution in [3.05, 3.63) is 249 Å². The molecule has 14 aromatic rings. The van der Waals surface area contributed by atoms with Gasteiger partial charge in [-0.25, -0.2) is 0 Å². The molecule has 0 bridgehead atoms. The molecule has 68 heavy (non-hydrogen) atoms. The molecule has 0 atom stereocenters. The van der Waals surface area contributed by atoms with Crippen molar-refractivity contribution in [3.8, 4) is 33.6 Å². The second-order valence-electron chi connectivity index (χ2n) is 17.7. The van der Waals surface area contributed by atoms with E-state index >= 15 is 0 Å². The number of hydrogen-bond acceptors (Lipinski definition) is 2. The van der Waals surface area contributed by atoms with E-state index in [1.807, 2.05) is 6.07 Å². The molecule has 318 valence electrons. The molecule has 0 aliphatic heterocycles. The van der Waals surface area contributed by atoms with Crippen molar-refractivity contribution in [1.82, 2.24) is 9.13 Å². The highest BCUT2D eigenvalue weighted by Crippen LogP contribution is 2.43. The van der Waals surface area contributed by atoms with Crippen LogP contribution in [0.5, 0.6) is 0 Å². The second kappa shape index (κ2) is 15.2. The van der Waals surface area contributed by atoms with Crippen LogP contribution in [0, 0.1) is 0 Å². The van der Waals surface area contributed by atoms with E-state index in [-0.39, 0.29) is 0 Å². The first-order valence-corrected chi connectivity index (χ1v) is 23.2. The van der Waals surface area contributed by atoms with Gasteiger partial charge >= 0.3 is 0 Å². The van der Waals surface area contributed by atoms with Crippen LogP contribution in [0.15, 0.2) is 253 Å². The Morgan fingerprint density at radius 1 is 0.279 bits per heavy atom. The number of hydrogen-bond donors (Lipinski definition) is 0. The van der Waals surface area contributed by atoms with Gasteiger partial charge in [0, 0.05) is 60.8 Å². The fourth-order valence-corrected chi connectivity index (χ4v) is 10.8. The minimum Gasteiger partial charge on any atom is -0.456 e. The molecular formula is C64H41N3O. The van der Waals surface area contributed by atoms with Crippen molar-refractivity contribution in [1.29, 1.82) is 0 Å². The summed E-state index contributed by atoms with van der Waals surface area (Å²) in [5.41, 5.74) is 16.8. The first-order chi connectivity index (χ1) is 33.7. The molecule has 0 unspecified atom stereocenters. The van der Waals surface area contributed by atoms with Gasteiger partial charge in [0.15, 0.2) is 0 Å². The van der Waals surface area contributed by atoms with Crippen molar-refractivity contribution >= 4 is 93.4 Å². The largest absolute Gasteiger partial charge is 0.456 e. The lowest BCUT2D eigenvalue weighted by molar-refractivity contribution is 0.669. The first kappa shape index (κ1) is 38.2. The van der Waals surface area contributed by atoms with Gasteiger partial charge in [-0.1, -0.05) is 140 Å². The predicted molar refractivity (Wildman–Crippen MR) is 285 cm³/mol. The Morgan fingerprint density at radius 2 is 0.853 bits per heavy atom. The number of fused-ring (bicyclic) bond motifs is 11. The van der Waals surface area contributed by atoms with E-state index < -0.39 is 0 Å². The van der Waals surface area contributed by atoms with Crippen LogP contribution in [-0.4, -0.2) is 9.13 Å². The van der Waals surface area contributed by atoms with Gasteiger partial charge in [0.1, 0.15) is 11.2 Å². The van der Waals surface area contributed by atoms with Crippen LogP contribution >= 0.6 is 0 Å². The summed E-state index contributed by atoms with van der Waals surface area (Å²) in [4.78, 5) is 2.36. The Labute approximate surface area is 392 Å². The summed E-state index contributed by atoms with van der Waals surface area (Å²) >= 11 is 0. The molecule has 0 amide bonds. The van der Waals surface area contributed by atoms with Crippen molar-refractivity contribution < 1.29 is 4.42 Å². The summed E-state index contributed by atoms with van der Waals surface area (Å²) in [5.74, 6) is 0. The Kier molecular flexibility index (Phi) is 8.55. The van der Waals surface area contributed by atoms with E-state index in [0.717, 1.165) is 61.3 Å². The zero-order valence-electron chi connectivity index (χ0n) is 36.9. The van der Waals surface area contributed by atoms with Gasteiger partial charge in [0.05, 0.1) is 22.1 Å². The summed E-state index contributed by atoms with van der Waals surface area (Å²) in [5, 5.41) is 9.59. The Bertz CT molecular complexity index is 4240. The highest BCUT2D eigenvalue weighted by molar-refractivity contribution is 6.25. The lowest BCUT2D eigenvalue weighted by Crippen LogP contribution is -2.10. The minimum atomic E-state index is 0.910. The van der Waals surface area contributed by atoms with Crippen molar-refractivity contribution in [3.63, 3.8) is 0 Å². The van der Waals surface area contributed by atoms with Gasteiger partial charge < -0.3 is 18.5 Å². The maximum absolute atomic E-state index is 6.35. The van der Waals surface area contributed by atoms with Crippen LogP contribution in [0.4, 0.5) is 17.1 Å². The van der Waals surface area contributed by atoms with E-state index in [1.54, 1.807) is 0 Å². The third-order valence-corrected chi connectivity index (χ3v) is 13.9. The summed E-state index contributed by atoms with van der Waals surface area (Å²) < 4.78 is 11.1. The maximum Gasteiger partial charge on any atom is 0.136 e. The van der Waals surface area contributed by atoms with Crippen LogP contribution in [0.3, 0.4) is 0 Å². The van der Waals surface area contributed by atoms with Gasteiger partial charge in [0.2, 0.25) is 0 Å². The van der Waals surface area contributed by atoms with Crippen molar-refractivity contribution in [2.45, 2.75) is 0 Å². The first-order valence-electron chi connectivity index (χ1n) is 23.2. The van der Waals surface area contributed by atoms with E-state index in [4.69, 9.17) is 4.42 Å². The summed E-state index contributed by atoms with van der Waals surface area (Å²) in [6.45, 7) is 0. The van der Waals surface area contributed by atoms with E-state index in [2.05, 4.69) is 257 Å². The average molecular weight is 868 g/mol. The minimum absolute atomic E-state index is 0.910. The third-order valence-electron chi connectivity index (χ3n) is 13.9. The molecule has 4 heteroatoms. The van der Waals surface area contributed by atoms with Crippen LogP contribution in [0.2, 0.25) is 0 Å². The molecule has 0 radical (unpaired) electrons. The average Bonchev–Trinajstić information content (AvgIpc) is 4.06. The number of anilines is 3. The number of para-hydroxylation sites is 5. The fourth-order valence-electron chi connectivity index (χ4n) is 10.8. The lowest BCUT2D eigenvalue weighted by atomic mass is 9.96. The molecule has 3 aromatic heterocycles. The third kappa shape index (κ3) is 6.01. The van der Waals surface area contributed by atoms with Gasteiger partial charge in [-0.15, -0.1) is 0 Å². The number of aromatic nitrogens is 2. The quantitative estimate of drug-likeness (QED) is 0.160. The maximum atomic E-state index is 6.35. The summed E-state index contributed by atoms with van der Waals surface area (Å²) in [6, 6.07) is 90.0. The molecule has 0 saturated carbocycles. The molecule has 0 fully saturated rings. The standard InChI is InChI=1S/C64H41N3O/c1-4-17-47(18-5-1)65(51-33-34-53-52-23-10-12-25-58(52)67(61(53)40-51)49-21-8-3-9-22-49)50-31-27-42(28-32-50)43-15-14-16-44(37-43)45-29-35-59-57(38-45)64-55-41-56-54-24-11-13-26-62(54)68-63(56)39-46(55)30-36-60(64)66(59)48-19-6-2-7-20-48/h1-41H. The van der Waals surface area contributed by atoms with Gasteiger partial charge in [-0.2, -0.15) is 0 Å². The van der Waals surface area contributed by atoms with Crippen LogP contribution in [0.1, 0.15) is 0 Å². The van der Waals surface area contributed by atoms with Crippen LogP contribution in [-0.2, 0) is 0 Å². The van der Waals surface area contributed by atoms with E-state index in [1.165, 1.54) is 65.7 Å². The molecule has 11 aromatic carbocycles. The topological polar surface area (TPSA) is 26.2 Å². The summed E-state index contributed by atoms with van der Waals surface area (Å²) in [6.07, 6.45) is 0. The smallest absolute Gasteiger partial charge is 0.136 e. The number of furan rings is 1. The Hall–Kier alpha value is -9.12. The molecule has 0 N–H and O–H groups in total. The highest BCUT2D eigenvalue weighted by Gasteiger charge is 2.20. The van der Waals surface area contributed by atoms with E-state index in [0.29, 0.717) is 0 Å².